The van der Waals surface area contributed by atoms with Gasteiger partial charge in [0.25, 0.3) is 0 Å². The molecule has 0 aromatic carbocycles. The van der Waals surface area contributed by atoms with E-state index in [0.29, 0.717) is 6.54 Å². The van der Waals surface area contributed by atoms with Crippen molar-refractivity contribution in [3.63, 3.8) is 0 Å². The predicted molar refractivity (Wildman–Crippen MR) is 35.5 cm³/mol. The molecular formula is C6H8N3O. The van der Waals surface area contributed by atoms with Crippen molar-refractivity contribution >= 4 is 6.03 Å². The second kappa shape index (κ2) is 3.00. The normalized spacial score (nSPS) is 9.30. The zero-order chi connectivity index (χ0) is 7.40. The Hall–Kier alpha value is -1.32. The van der Waals surface area contributed by atoms with Gasteiger partial charge >= 0.3 is 6.03 Å². The number of nitrogens with one attached hydrogen (secondary N) is 1. The summed E-state index contributed by atoms with van der Waals surface area (Å²) in [5, 5.41) is 6.27. The number of hydrogen-bond acceptors (Lipinski definition) is 2. The third-order valence-corrected chi connectivity index (χ3v) is 0.990. The SMILES string of the molecule is CCNC(=O)n1c[c]cn1. The molecule has 1 aromatic heterocycles. The van der Waals surface area contributed by atoms with Crippen molar-refractivity contribution in [2.75, 3.05) is 6.54 Å². The third-order valence-electron chi connectivity index (χ3n) is 0.990. The van der Waals surface area contributed by atoms with Crippen molar-refractivity contribution in [2.24, 2.45) is 0 Å². The first-order valence-corrected chi connectivity index (χ1v) is 3.03. The fourth-order valence-electron chi connectivity index (χ4n) is 0.576. The Bertz CT molecular complexity index is 205. The van der Waals surface area contributed by atoms with E-state index in [9.17, 15) is 4.79 Å². The molecule has 0 aliphatic heterocycles. The summed E-state index contributed by atoms with van der Waals surface area (Å²) in [7, 11) is 0. The molecule has 1 heterocycles. The molecule has 10 heavy (non-hydrogen) atoms. The van der Waals surface area contributed by atoms with Gasteiger partial charge < -0.3 is 5.32 Å². The molecule has 0 spiro atoms. The summed E-state index contributed by atoms with van der Waals surface area (Å²) >= 11 is 0. The molecule has 4 nitrogen and oxygen atoms in total. The van der Waals surface area contributed by atoms with Crippen molar-refractivity contribution in [3.05, 3.63) is 18.5 Å². The highest BCUT2D eigenvalue weighted by molar-refractivity contribution is 5.75. The van der Waals surface area contributed by atoms with E-state index in [1.165, 1.54) is 17.1 Å². The average Bonchev–Trinajstić information content (AvgIpc) is 2.38. The van der Waals surface area contributed by atoms with E-state index in [0.717, 1.165) is 0 Å². The van der Waals surface area contributed by atoms with Crippen LogP contribution in [0.3, 0.4) is 0 Å². The summed E-state index contributed by atoms with van der Waals surface area (Å²) in [4.78, 5) is 10.9. The molecule has 0 saturated heterocycles. The van der Waals surface area contributed by atoms with E-state index in [-0.39, 0.29) is 6.03 Å². The first-order valence-electron chi connectivity index (χ1n) is 3.03. The Morgan fingerprint density at radius 3 is 3.20 bits per heavy atom. The van der Waals surface area contributed by atoms with Gasteiger partial charge in [-0.05, 0) is 6.92 Å². The number of nitrogens with zero attached hydrogens (tertiary/aromatic N) is 2. The van der Waals surface area contributed by atoms with Gasteiger partial charge in [-0.1, -0.05) is 0 Å². The number of carbonyl (C=O) groups excluding carboxylic acids is 1. The lowest BCUT2D eigenvalue weighted by molar-refractivity contribution is 0.240. The van der Waals surface area contributed by atoms with Crippen molar-refractivity contribution < 1.29 is 4.79 Å². The number of rotatable bonds is 1. The van der Waals surface area contributed by atoms with Crippen LogP contribution in [0.15, 0.2) is 12.4 Å². The maximum atomic E-state index is 10.9. The number of carbonyl (C=O) groups is 1. The van der Waals surface area contributed by atoms with Crippen molar-refractivity contribution in [3.8, 4) is 0 Å². The van der Waals surface area contributed by atoms with E-state index < -0.39 is 0 Å². The molecule has 0 aliphatic rings. The molecule has 4 heteroatoms. The summed E-state index contributed by atoms with van der Waals surface area (Å²) in [5.41, 5.74) is 0. The maximum Gasteiger partial charge on any atom is 0.342 e. The van der Waals surface area contributed by atoms with Crippen LogP contribution in [0, 0.1) is 6.07 Å². The topological polar surface area (TPSA) is 46.9 Å². The Morgan fingerprint density at radius 1 is 1.90 bits per heavy atom. The van der Waals surface area contributed by atoms with Gasteiger partial charge in [0.1, 0.15) is 0 Å². The fraction of sp³-hybridized carbons (Fsp3) is 0.333. The Morgan fingerprint density at radius 2 is 2.70 bits per heavy atom. The van der Waals surface area contributed by atoms with Crippen LogP contribution in [0.2, 0.25) is 0 Å². The minimum Gasteiger partial charge on any atom is -0.336 e. The lowest BCUT2D eigenvalue weighted by Crippen LogP contribution is -2.28. The monoisotopic (exact) mass is 138 g/mol. The van der Waals surface area contributed by atoms with Crippen LogP contribution < -0.4 is 5.32 Å². The van der Waals surface area contributed by atoms with E-state index in [1.807, 2.05) is 6.92 Å². The first kappa shape index (κ1) is 6.80. The van der Waals surface area contributed by atoms with Gasteiger partial charge in [0, 0.05) is 18.8 Å². The Labute approximate surface area is 58.8 Å². The maximum absolute atomic E-state index is 10.9. The molecule has 0 saturated carbocycles. The second-order valence-electron chi connectivity index (χ2n) is 1.72. The van der Waals surface area contributed by atoms with E-state index in [4.69, 9.17) is 0 Å². The van der Waals surface area contributed by atoms with Gasteiger partial charge in [-0.2, -0.15) is 9.78 Å². The van der Waals surface area contributed by atoms with E-state index in [1.54, 1.807) is 0 Å². The molecule has 0 unspecified atom stereocenters. The second-order valence-corrected chi connectivity index (χ2v) is 1.72. The summed E-state index contributed by atoms with van der Waals surface area (Å²) < 4.78 is 1.20. The van der Waals surface area contributed by atoms with Gasteiger partial charge in [0.15, 0.2) is 0 Å². The molecule has 1 aromatic rings. The average molecular weight is 138 g/mol. The highest BCUT2D eigenvalue weighted by atomic mass is 16.2. The van der Waals surface area contributed by atoms with Crippen molar-refractivity contribution in [1.82, 2.24) is 15.1 Å². The molecular weight excluding hydrogens is 130 g/mol. The van der Waals surface area contributed by atoms with E-state index in [2.05, 4.69) is 16.5 Å². The standard InChI is InChI=1S/C6H8N3O/c1-2-7-6(10)9-5-3-4-8-9/h4-5H,2H2,1H3,(H,7,10). The number of hydrogen-bond donors (Lipinski definition) is 1. The van der Waals surface area contributed by atoms with Crippen LogP contribution in [0.5, 0.6) is 0 Å². The van der Waals surface area contributed by atoms with Crippen LogP contribution in [0.25, 0.3) is 0 Å². The van der Waals surface area contributed by atoms with Crippen LogP contribution in [-0.2, 0) is 0 Å². The predicted octanol–water partition coefficient (Wildman–Crippen LogP) is 0.261. The van der Waals surface area contributed by atoms with Gasteiger partial charge in [-0.15, -0.1) is 0 Å². The molecule has 0 atom stereocenters. The van der Waals surface area contributed by atoms with Crippen LogP contribution >= 0.6 is 0 Å². The molecule has 0 fully saturated rings. The zero-order valence-electron chi connectivity index (χ0n) is 5.66. The summed E-state index contributed by atoms with van der Waals surface area (Å²) in [6, 6.07) is 2.44. The summed E-state index contributed by atoms with van der Waals surface area (Å²) in [6.07, 6.45) is 2.92. The minimum atomic E-state index is -0.219. The third kappa shape index (κ3) is 1.34. The molecule has 0 aliphatic carbocycles. The molecule has 0 bridgehead atoms. The van der Waals surface area contributed by atoms with Crippen molar-refractivity contribution in [1.29, 1.82) is 0 Å². The molecule has 1 N–H and O–H groups in total. The van der Waals surface area contributed by atoms with Crippen LogP contribution in [-0.4, -0.2) is 22.4 Å². The van der Waals surface area contributed by atoms with Gasteiger partial charge in [0.2, 0.25) is 0 Å². The number of amides is 1. The highest BCUT2D eigenvalue weighted by Gasteiger charge is 1.98. The Kier molecular flexibility index (Phi) is 2.04. The van der Waals surface area contributed by atoms with E-state index >= 15 is 0 Å². The quantitative estimate of drug-likeness (QED) is 0.605. The highest BCUT2D eigenvalue weighted by Crippen LogP contribution is 1.80. The van der Waals surface area contributed by atoms with Crippen molar-refractivity contribution in [2.45, 2.75) is 6.92 Å². The summed E-state index contributed by atoms with van der Waals surface area (Å²) in [5.74, 6) is 0. The number of aromatic nitrogens is 2. The van der Waals surface area contributed by atoms with Crippen LogP contribution in [0.4, 0.5) is 4.79 Å². The zero-order valence-corrected chi connectivity index (χ0v) is 5.66. The molecule has 53 valence electrons. The minimum absolute atomic E-state index is 0.219. The smallest absolute Gasteiger partial charge is 0.336 e. The molecule has 1 amide bonds. The first-order chi connectivity index (χ1) is 4.84. The van der Waals surface area contributed by atoms with Crippen LogP contribution in [0.1, 0.15) is 6.92 Å². The largest absolute Gasteiger partial charge is 0.342 e. The van der Waals surface area contributed by atoms with Gasteiger partial charge in [-0.3, -0.25) is 0 Å². The molecule has 1 radical (unpaired) electrons. The van der Waals surface area contributed by atoms with Gasteiger partial charge in [-0.25, -0.2) is 4.79 Å². The summed E-state index contributed by atoms with van der Waals surface area (Å²) in [6.45, 7) is 2.46. The molecule has 1 rings (SSSR count). The lowest BCUT2D eigenvalue weighted by atomic mass is 10.7. The fourth-order valence-corrected chi connectivity index (χ4v) is 0.576. The van der Waals surface area contributed by atoms with Gasteiger partial charge in [0.05, 0.1) is 6.20 Å². The Balaban J connectivity index is 2.59. The lowest BCUT2D eigenvalue weighted by Gasteiger charge is -1.98.